The van der Waals surface area contributed by atoms with Crippen LogP contribution in [0.2, 0.25) is 0 Å². The normalized spacial score (nSPS) is 12.1. The highest BCUT2D eigenvalue weighted by Crippen LogP contribution is 2.33. The van der Waals surface area contributed by atoms with Crippen LogP contribution in [0, 0.1) is 25.5 Å². The van der Waals surface area contributed by atoms with Gasteiger partial charge in [-0.2, -0.15) is 13.2 Å². The van der Waals surface area contributed by atoms with E-state index in [4.69, 9.17) is 5.73 Å². The van der Waals surface area contributed by atoms with Gasteiger partial charge in [-0.15, -0.1) is 12.4 Å². The van der Waals surface area contributed by atoms with Gasteiger partial charge < -0.3 is 10.6 Å². The lowest BCUT2D eigenvalue weighted by atomic mass is 10.0. The van der Waals surface area contributed by atoms with Crippen LogP contribution in [0.4, 0.5) is 27.6 Å². The number of carbonyl (C=O) groups excluding carboxylic acids is 1. The van der Waals surface area contributed by atoms with Crippen LogP contribution in [-0.2, 0) is 17.4 Å². The Kier molecular flexibility index (Phi) is 8.80. The van der Waals surface area contributed by atoms with Crippen LogP contribution in [0.5, 0.6) is 0 Å². The van der Waals surface area contributed by atoms with Crippen LogP contribution in [0.1, 0.15) is 33.9 Å². The van der Waals surface area contributed by atoms with E-state index in [2.05, 4.69) is 0 Å². The molecule has 3 nitrogen and oxygen atoms in total. The van der Waals surface area contributed by atoms with E-state index in [9.17, 15) is 26.7 Å². The molecule has 0 bridgehead atoms. The molecule has 34 heavy (non-hydrogen) atoms. The van der Waals surface area contributed by atoms with Crippen LogP contribution < -0.4 is 10.6 Å². The molecule has 0 saturated heterocycles. The van der Waals surface area contributed by atoms with Gasteiger partial charge in [0, 0.05) is 12.2 Å². The van der Waals surface area contributed by atoms with Crippen LogP contribution in [-0.4, -0.2) is 12.5 Å². The maximum atomic E-state index is 14.4. The summed E-state index contributed by atoms with van der Waals surface area (Å²) in [5, 5.41) is 0. The summed E-state index contributed by atoms with van der Waals surface area (Å²) in [6.45, 7) is 3.66. The van der Waals surface area contributed by atoms with Gasteiger partial charge in [0.15, 0.2) is 11.6 Å². The summed E-state index contributed by atoms with van der Waals surface area (Å²) in [4.78, 5) is 14.6. The molecule has 0 aliphatic carbocycles. The van der Waals surface area contributed by atoms with Crippen molar-refractivity contribution in [3.8, 4) is 0 Å². The zero-order valence-corrected chi connectivity index (χ0v) is 19.3. The molecule has 0 aromatic heterocycles. The molecule has 0 aliphatic rings. The van der Waals surface area contributed by atoms with Gasteiger partial charge in [-0.25, -0.2) is 8.78 Å². The number of rotatable bonds is 6. The van der Waals surface area contributed by atoms with E-state index in [1.54, 1.807) is 42.5 Å². The second kappa shape index (κ2) is 11.0. The summed E-state index contributed by atoms with van der Waals surface area (Å²) >= 11 is 0. The van der Waals surface area contributed by atoms with Gasteiger partial charge in [-0.05, 0) is 60.7 Å². The molecule has 3 aromatic rings. The van der Waals surface area contributed by atoms with Crippen LogP contribution in [0.3, 0.4) is 0 Å². The van der Waals surface area contributed by atoms with Gasteiger partial charge in [0.05, 0.1) is 5.56 Å². The standard InChI is InChI=1S/C25H23F5N2O.ClH/c1-15-8-10-19(14-16(15)2)32(24(33)23(31)18-6-4-3-5-7-18)13-12-17-9-11-20(25(28,29)30)22(27)21(17)26;/h3-11,14,23H,12-13,31H2,1-2H3;1H/t23-;/m0./s1. The zero-order chi connectivity index (χ0) is 24.3. The van der Waals surface area contributed by atoms with Crippen molar-refractivity contribution in [1.82, 2.24) is 0 Å². The lowest BCUT2D eigenvalue weighted by Crippen LogP contribution is -2.40. The van der Waals surface area contributed by atoms with Crippen molar-refractivity contribution in [1.29, 1.82) is 0 Å². The average molecular weight is 499 g/mol. The van der Waals surface area contributed by atoms with Crippen molar-refractivity contribution in [2.45, 2.75) is 32.5 Å². The molecule has 182 valence electrons. The first kappa shape index (κ1) is 27.3. The molecule has 0 aliphatic heterocycles. The molecule has 1 atom stereocenters. The van der Waals surface area contributed by atoms with E-state index in [1.807, 2.05) is 19.9 Å². The summed E-state index contributed by atoms with van der Waals surface area (Å²) in [5.74, 6) is -4.01. The van der Waals surface area contributed by atoms with Gasteiger partial charge in [0.2, 0.25) is 5.91 Å². The first-order valence-corrected chi connectivity index (χ1v) is 10.2. The molecule has 0 fully saturated rings. The molecule has 0 unspecified atom stereocenters. The molecule has 0 radical (unpaired) electrons. The van der Waals surface area contributed by atoms with Crippen molar-refractivity contribution in [3.05, 3.63) is 100 Å². The lowest BCUT2D eigenvalue weighted by Gasteiger charge is -2.27. The number of nitrogens with zero attached hydrogens (tertiary/aromatic N) is 1. The van der Waals surface area contributed by atoms with E-state index >= 15 is 0 Å². The topological polar surface area (TPSA) is 46.3 Å². The number of hydrogen-bond acceptors (Lipinski definition) is 2. The third kappa shape index (κ3) is 5.93. The number of carbonyl (C=O) groups is 1. The van der Waals surface area contributed by atoms with Crippen molar-refractivity contribution in [2.75, 3.05) is 11.4 Å². The quantitative estimate of drug-likeness (QED) is 0.405. The molecular weight excluding hydrogens is 475 g/mol. The summed E-state index contributed by atoms with van der Waals surface area (Å²) in [6, 6.07) is 14.3. The Morgan fingerprint density at radius 3 is 2.18 bits per heavy atom. The fourth-order valence-electron chi connectivity index (χ4n) is 3.46. The molecule has 0 spiro atoms. The van der Waals surface area contributed by atoms with E-state index in [-0.39, 0.29) is 30.9 Å². The summed E-state index contributed by atoms with van der Waals surface area (Å²) in [7, 11) is 0. The Labute approximate surface area is 200 Å². The predicted molar refractivity (Wildman–Crippen MR) is 124 cm³/mol. The largest absolute Gasteiger partial charge is 0.419 e. The molecule has 9 heteroatoms. The number of halogens is 6. The maximum Gasteiger partial charge on any atom is 0.419 e. The number of alkyl halides is 3. The number of hydrogen-bond donors (Lipinski definition) is 1. The van der Waals surface area contributed by atoms with Gasteiger partial charge in [0.1, 0.15) is 6.04 Å². The molecule has 3 aromatic carbocycles. The third-order valence-electron chi connectivity index (χ3n) is 5.57. The van der Waals surface area contributed by atoms with Crippen molar-refractivity contribution in [2.24, 2.45) is 5.73 Å². The second-order valence-corrected chi connectivity index (χ2v) is 7.79. The molecule has 2 N–H and O–H groups in total. The number of benzene rings is 3. The fourth-order valence-corrected chi connectivity index (χ4v) is 3.46. The van der Waals surface area contributed by atoms with Crippen LogP contribution in [0.15, 0.2) is 60.7 Å². The Hall–Kier alpha value is -2.97. The monoisotopic (exact) mass is 498 g/mol. The molecule has 0 saturated carbocycles. The van der Waals surface area contributed by atoms with E-state index in [1.165, 1.54) is 4.90 Å². The molecule has 3 rings (SSSR count). The third-order valence-corrected chi connectivity index (χ3v) is 5.57. The molecular formula is C25H24ClF5N2O. The Bertz CT molecular complexity index is 1150. The minimum absolute atomic E-state index is 0. The number of anilines is 1. The second-order valence-electron chi connectivity index (χ2n) is 7.79. The first-order valence-electron chi connectivity index (χ1n) is 10.2. The number of nitrogens with two attached hydrogens (primary N) is 1. The van der Waals surface area contributed by atoms with E-state index in [0.717, 1.165) is 17.2 Å². The smallest absolute Gasteiger partial charge is 0.316 e. The minimum atomic E-state index is -5.01. The molecule has 1 amide bonds. The number of aryl methyl sites for hydroxylation is 2. The predicted octanol–water partition coefficient (Wildman–Crippen LogP) is 6.30. The van der Waals surface area contributed by atoms with Crippen LogP contribution in [0.25, 0.3) is 0 Å². The van der Waals surface area contributed by atoms with Crippen LogP contribution >= 0.6 is 12.4 Å². The highest BCUT2D eigenvalue weighted by Gasteiger charge is 2.36. The van der Waals surface area contributed by atoms with E-state index in [0.29, 0.717) is 17.3 Å². The van der Waals surface area contributed by atoms with Gasteiger partial charge >= 0.3 is 6.18 Å². The Morgan fingerprint density at radius 2 is 1.59 bits per heavy atom. The highest BCUT2D eigenvalue weighted by atomic mass is 35.5. The van der Waals surface area contributed by atoms with Gasteiger partial charge in [-0.3, -0.25) is 4.79 Å². The Morgan fingerprint density at radius 1 is 0.941 bits per heavy atom. The van der Waals surface area contributed by atoms with Crippen molar-refractivity contribution >= 4 is 24.0 Å². The summed E-state index contributed by atoms with van der Waals surface area (Å²) in [5.41, 5.74) is 7.22. The zero-order valence-electron chi connectivity index (χ0n) is 18.5. The summed E-state index contributed by atoms with van der Waals surface area (Å²) < 4.78 is 66.9. The highest BCUT2D eigenvalue weighted by molar-refractivity contribution is 5.97. The maximum absolute atomic E-state index is 14.4. The minimum Gasteiger partial charge on any atom is -0.316 e. The fraction of sp³-hybridized carbons (Fsp3) is 0.240. The molecule has 0 heterocycles. The number of amides is 1. The van der Waals surface area contributed by atoms with E-state index < -0.39 is 35.3 Å². The first-order chi connectivity index (χ1) is 15.5. The average Bonchev–Trinajstić information content (AvgIpc) is 2.78. The van der Waals surface area contributed by atoms with Gasteiger partial charge in [-0.1, -0.05) is 42.5 Å². The van der Waals surface area contributed by atoms with Crippen molar-refractivity contribution in [3.63, 3.8) is 0 Å². The Balaban J connectivity index is 0.00000408. The SMILES string of the molecule is Cc1ccc(N(CCc2ccc(C(F)(F)F)c(F)c2F)C(=O)[C@@H](N)c2ccccc2)cc1C.Cl. The van der Waals surface area contributed by atoms with Gasteiger partial charge in [0.25, 0.3) is 0 Å². The lowest BCUT2D eigenvalue weighted by molar-refractivity contribution is -0.140. The van der Waals surface area contributed by atoms with Crippen molar-refractivity contribution < 1.29 is 26.7 Å². The summed E-state index contributed by atoms with van der Waals surface area (Å²) in [6.07, 6.45) is -5.21.